The highest BCUT2D eigenvalue weighted by atomic mass is 16.5. The van der Waals surface area contributed by atoms with Crippen LogP contribution in [0.25, 0.3) is 0 Å². The van der Waals surface area contributed by atoms with Crippen molar-refractivity contribution in [2.24, 2.45) is 12.0 Å². The third kappa shape index (κ3) is 5.58. The Labute approximate surface area is 186 Å². The van der Waals surface area contributed by atoms with Crippen molar-refractivity contribution < 1.29 is 4.74 Å². The monoisotopic (exact) mass is 426 g/mol. The quantitative estimate of drug-likeness (QED) is 0.477. The van der Waals surface area contributed by atoms with Crippen LogP contribution in [0.5, 0.6) is 5.75 Å². The normalized spacial score (nSPS) is 15.8. The van der Waals surface area contributed by atoms with Crippen molar-refractivity contribution in [3.05, 3.63) is 46.8 Å². The van der Waals surface area contributed by atoms with Crippen molar-refractivity contribution in [1.29, 1.82) is 0 Å². The second-order valence-electron chi connectivity index (χ2n) is 8.04. The minimum Gasteiger partial charge on any atom is -0.497 e. The van der Waals surface area contributed by atoms with E-state index in [9.17, 15) is 0 Å². The van der Waals surface area contributed by atoms with E-state index in [0.717, 1.165) is 56.4 Å². The first-order valence-corrected chi connectivity index (χ1v) is 11.5. The largest absolute Gasteiger partial charge is 0.497 e. The van der Waals surface area contributed by atoms with Crippen molar-refractivity contribution in [2.75, 3.05) is 33.8 Å². The molecule has 0 bridgehead atoms. The molecular formula is C24H38N6O. The summed E-state index contributed by atoms with van der Waals surface area (Å²) in [6.45, 7) is 8.16. The average Bonchev–Trinajstić information content (AvgIpc) is 3.44. The predicted octanol–water partition coefficient (Wildman–Crippen LogP) is 3.06. The van der Waals surface area contributed by atoms with Crippen LogP contribution >= 0.6 is 0 Å². The van der Waals surface area contributed by atoms with Gasteiger partial charge < -0.3 is 15.4 Å². The van der Waals surface area contributed by atoms with Gasteiger partial charge in [-0.2, -0.15) is 5.10 Å². The molecule has 2 aromatic rings. The Hall–Kier alpha value is -2.54. The topological polar surface area (TPSA) is 66.7 Å². The smallest absolute Gasteiger partial charge is 0.191 e. The zero-order valence-electron chi connectivity index (χ0n) is 19.7. The third-order valence-electron chi connectivity index (χ3n) is 6.23. The number of hydrogen-bond acceptors (Lipinski definition) is 4. The van der Waals surface area contributed by atoms with E-state index in [1.54, 1.807) is 7.11 Å². The van der Waals surface area contributed by atoms with Gasteiger partial charge in [-0.05, 0) is 56.5 Å². The first-order valence-electron chi connectivity index (χ1n) is 11.5. The van der Waals surface area contributed by atoms with E-state index in [1.165, 1.54) is 29.7 Å². The number of likely N-dealkylation sites (tertiary alicyclic amines) is 1. The number of aliphatic imine (C=N–C) groups is 1. The number of ether oxygens (including phenoxy) is 1. The van der Waals surface area contributed by atoms with Gasteiger partial charge in [-0.25, -0.2) is 0 Å². The van der Waals surface area contributed by atoms with Gasteiger partial charge in [0.05, 0.1) is 18.8 Å². The van der Waals surface area contributed by atoms with E-state index in [4.69, 9.17) is 4.74 Å². The first-order chi connectivity index (χ1) is 15.1. The molecule has 1 atom stereocenters. The van der Waals surface area contributed by atoms with Crippen LogP contribution in [0.3, 0.4) is 0 Å². The summed E-state index contributed by atoms with van der Waals surface area (Å²) in [5, 5.41) is 11.8. The average molecular weight is 427 g/mol. The predicted molar refractivity (Wildman–Crippen MR) is 127 cm³/mol. The van der Waals surface area contributed by atoms with Gasteiger partial charge in [0, 0.05) is 38.4 Å². The lowest BCUT2D eigenvalue weighted by atomic mass is 10.1. The standard InChI is InChI=1S/C24H38N6O/c1-6-21-20(22(7-2)29(4)28-21)16-26-24(25-3)27-17-23(30-14-8-9-15-30)18-10-12-19(31-5)13-11-18/h10-13,23H,6-9,14-17H2,1-5H3,(H2,25,26,27). The van der Waals surface area contributed by atoms with E-state index < -0.39 is 0 Å². The highest BCUT2D eigenvalue weighted by Crippen LogP contribution is 2.26. The van der Waals surface area contributed by atoms with Crippen LogP contribution < -0.4 is 15.4 Å². The Bertz CT molecular complexity index is 852. The number of aromatic nitrogens is 2. The number of rotatable bonds is 9. The van der Waals surface area contributed by atoms with Crippen LogP contribution in [-0.2, 0) is 26.4 Å². The molecule has 2 N–H and O–H groups in total. The summed E-state index contributed by atoms with van der Waals surface area (Å²) in [6.07, 6.45) is 4.44. The lowest BCUT2D eigenvalue weighted by molar-refractivity contribution is 0.245. The third-order valence-corrected chi connectivity index (χ3v) is 6.23. The number of guanidine groups is 1. The minimum atomic E-state index is 0.308. The molecule has 2 heterocycles. The highest BCUT2D eigenvalue weighted by molar-refractivity contribution is 5.79. The van der Waals surface area contributed by atoms with Gasteiger partial charge >= 0.3 is 0 Å². The fourth-order valence-corrected chi connectivity index (χ4v) is 4.52. The molecule has 1 aliphatic heterocycles. The van der Waals surface area contributed by atoms with Gasteiger partial charge in [-0.1, -0.05) is 26.0 Å². The fraction of sp³-hybridized carbons (Fsp3) is 0.583. The van der Waals surface area contributed by atoms with Gasteiger partial charge in [0.2, 0.25) is 0 Å². The lowest BCUT2D eigenvalue weighted by Gasteiger charge is -2.29. The molecule has 1 fully saturated rings. The van der Waals surface area contributed by atoms with Crippen molar-refractivity contribution in [2.45, 2.75) is 52.1 Å². The van der Waals surface area contributed by atoms with Crippen LogP contribution in [0.2, 0.25) is 0 Å². The van der Waals surface area contributed by atoms with Crippen molar-refractivity contribution in [3.63, 3.8) is 0 Å². The Kier molecular flexibility index (Phi) is 8.35. The van der Waals surface area contributed by atoms with Crippen LogP contribution in [0.1, 0.15) is 55.2 Å². The maximum atomic E-state index is 5.34. The molecule has 7 nitrogen and oxygen atoms in total. The number of nitrogens with one attached hydrogen (secondary N) is 2. The molecule has 1 saturated heterocycles. The van der Waals surface area contributed by atoms with Gasteiger partial charge in [-0.3, -0.25) is 14.6 Å². The summed E-state index contributed by atoms with van der Waals surface area (Å²) >= 11 is 0. The van der Waals surface area contributed by atoms with E-state index in [2.05, 4.69) is 51.6 Å². The Morgan fingerprint density at radius 1 is 1.13 bits per heavy atom. The molecule has 170 valence electrons. The Morgan fingerprint density at radius 3 is 2.42 bits per heavy atom. The SMILES string of the molecule is CCc1nn(C)c(CC)c1CNC(=NC)NCC(c1ccc(OC)cc1)N1CCCC1. The van der Waals surface area contributed by atoms with Gasteiger partial charge in [0.25, 0.3) is 0 Å². The van der Waals surface area contributed by atoms with E-state index >= 15 is 0 Å². The van der Waals surface area contributed by atoms with Crippen LogP contribution in [0.15, 0.2) is 29.3 Å². The van der Waals surface area contributed by atoms with Crippen molar-refractivity contribution in [1.82, 2.24) is 25.3 Å². The molecule has 0 saturated carbocycles. The Balaban J connectivity index is 1.67. The molecule has 0 amide bonds. The van der Waals surface area contributed by atoms with Gasteiger partial charge in [0.15, 0.2) is 5.96 Å². The Morgan fingerprint density at radius 2 is 1.84 bits per heavy atom. The molecule has 0 spiro atoms. The molecule has 0 aliphatic carbocycles. The summed E-state index contributed by atoms with van der Waals surface area (Å²) in [6, 6.07) is 8.76. The zero-order valence-corrected chi connectivity index (χ0v) is 19.7. The molecule has 0 radical (unpaired) electrons. The molecule has 1 aromatic carbocycles. The van der Waals surface area contributed by atoms with Crippen molar-refractivity contribution in [3.8, 4) is 5.75 Å². The maximum absolute atomic E-state index is 5.34. The molecule has 1 aromatic heterocycles. The first kappa shape index (κ1) is 23.1. The fourth-order valence-electron chi connectivity index (χ4n) is 4.52. The van der Waals surface area contributed by atoms with E-state index in [0.29, 0.717) is 6.04 Å². The summed E-state index contributed by atoms with van der Waals surface area (Å²) < 4.78 is 7.35. The van der Waals surface area contributed by atoms with Gasteiger partial charge in [-0.15, -0.1) is 0 Å². The summed E-state index contributed by atoms with van der Waals surface area (Å²) in [7, 11) is 5.57. The molecule has 1 aliphatic rings. The van der Waals surface area contributed by atoms with Gasteiger partial charge in [0.1, 0.15) is 5.75 Å². The maximum Gasteiger partial charge on any atom is 0.191 e. The minimum absolute atomic E-state index is 0.308. The number of benzene rings is 1. The van der Waals surface area contributed by atoms with Crippen LogP contribution in [0.4, 0.5) is 0 Å². The van der Waals surface area contributed by atoms with Crippen molar-refractivity contribution >= 4 is 5.96 Å². The summed E-state index contributed by atoms with van der Waals surface area (Å²) in [4.78, 5) is 7.03. The molecule has 31 heavy (non-hydrogen) atoms. The molecule has 1 unspecified atom stereocenters. The second-order valence-corrected chi connectivity index (χ2v) is 8.04. The molecule has 7 heteroatoms. The summed E-state index contributed by atoms with van der Waals surface area (Å²) in [5.74, 6) is 1.72. The summed E-state index contributed by atoms with van der Waals surface area (Å²) in [5.41, 5.74) is 5.05. The second kappa shape index (κ2) is 11.2. The van der Waals surface area contributed by atoms with E-state index in [-0.39, 0.29) is 0 Å². The number of methoxy groups -OCH3 is 1. The number of hydrogen-bond donors (Lipinski definition) is 2. The number of aryl methyl sites for hydroxylation is 2. The molecular weight excluding hydrogens is 388 g/mol. The molecule has 3 rings (SSSR count). The lowest BCUT2D eigenvalue weighted by Crippen LogP contribution is -2.42. The van der Waals surface area contributed by atoms with Crippen LogP contribution in [0, 0.1) is 0 Å². The zero-order chi connectivity index (χ0) is 22.2. The van der Waals surface area contributed by atoms with Crippen LogP contribution in [-0.4, -0.2) is 54.4 Å². The number of nitrogens with zero attached hydrogens (tertiary/aromatic N) is 4. The van der Waals surface area contributed by atoms with E-state index in [1.807, 2.05) is 30.9 Å². The highest BCUT2D eigenvalue weighted by Gasteiger charge is 2.24.